The van der Waals surface area contributed by atoms with Crippen LogP contribution in [0.15, 0.2) is 48.5 Å². The van der Waals surface area contributed by atoms with Crippen molar-refractivity contribution < 1.29 is 18.3 Å². The van der Waals surface area contributed by atoms with E-state index >= 15 is 0 Å². The van der Waals surface area contributed by atoms with Crippen LogP contribution in [-0.4, -0.2) is 29.6 Å². The van der Waals surface area contributed by atoms with Crippen LogP contribution in [-0.2, 0) is 40.7 Å². The van der Waals surface area contributed by atoms with Gasteiger partial charge in [-0.05, 0) is 41.5 Å². The minimum absolute atomic E-state index is 0.0746. The van der Waals surface area contributed by atoms with Gasteiger partial charge >= 0.3 is 5.97 Å². The number of aryl methyl sites for hydroxylation is 1. The molecule has 2 rings (SSSR count). The van der Waals surface area contributed by atoms with Crippen LogP contribution in [0.4, 0.5) is 0 Å². The Morgan fingerprint density at radius 1 is 0.897 bits per heavy atom. The van der Waals surface area contributed by atoms with Crippen LogP contribution in [0.2, 0.25) is 0 Å². The van der Waals surface area contributed by atoms with Crippen molar-refractivity contribution in [3.63, 3.8) is 0 Å². The first-order valence-corrected chi connectivity index (χ1v) is 11.8. The Labute approximate surface area is 174 Å². The summed E-state index contributed by atoms with van der Waals surface area (Å²) >= 11 is 0. The summed E-state index contributed by atoms with van der Waals surface area (Å²) in [6, 6.07) is 15.3. The molecule has 0 fully saturated rings. The van der Waals surface area contributed by atoms with E-state index in [1.807, 2.05) is 25.1 Å². The standard InChI is InChI=1S/C23H31NO4S/c1-3-5-7-19-10-12-20(13-11-19)17-24(29(27,28)14-4-2)18-22-9-6-8-21(15-22)16-23(25)26/h6,8-13,15H,3-5,7,14,16-18H2,1-2H3,(H,25,26). The highest BCUT2D eigenvalue weighted by molar-refractivity contribution is 7.89. The number of nitrogens with zero attached hydrogens (tertiary/aromatic N) is 1. The topological polar surface area (TPSA) is 74.7 Å². The Morgan fingerprint density at radius 2 is 1.52 bits per heavy atom. The van der Waals surface area contributed by atoms with Crippen LogP contribution in [0.1, 0.15) is 55.4 Å². The second-order valence-electron chi connectivity index (χ2n) is 7.39. The summed E-state index contributed by atoms with van der Waals surface area (Å²) in [5, 5.41) is 9.00. The third-order valence-corrected chi connectivity index (χ3v) is 6.73. The molecule has 0 spiro atoms. The lowest BCUT2D eigenvalue weighted by Crippen LogP contribution is -2.32. The SMILES string of the molecule is CCCCc1ccc(CN(Cc2cccc(CC(=O)O)c2)S(=O)(=O)CCC)cc1. The van der Waals surface area contributed by atoms with Gasteiger partial charge in [-0.25, -0.2) is 8.42 Å². The van der Waals surface area contributed by atoms with E-state index in [1.165, 1.54) is 9.87 Å². The van der Waals surface area contributed by atoms with E-state index in [4.69, 9.17) is 5.11 Å². The molecule has 29 heavy (non-hydrogen) atoms. The monoisotopic (exact) mass is 417 g/mol. The van der Waals surface area contributed by atoms with E-state index in [-0.39, 0.29) is 18.7 Å². The maximum atomic E-state index is 12.8. The van der Waals surface area contributed by atoms with Gasteiger partial charge in [0.1, 0.15) is 0 Å². The van der Waals surface area contributed by atoms with Gasteiger partial charge in [-0.1, -0.05) is 68.8 Å². The highest BCUT2D eigenvalue weighted by atomic mass is 32.2. The molecule has 158 valence electrons. The summed E-state index contributed by atoms with van der Waals surface area (Å²) in [4.78, 5) is 11.0. The molecule has 0 radical (unpaired) electrons. The fraction of sp³-hybridized carbons (Fsp3) is 0.435. The minimum atomic E-state index is -3.41. The van der Waals surface area contributed by atoms with Gasteiger partial charge < -0.3 is 5.11 Å². The lowest BCUT2D eigenvalue weighted by Gasteiger charge is -2.23. The highest BCUT2D eigenvalue weighted by Crippen LogP contribution is 2.18. The van der Waals surface area contributed by atoms with Crippen molar-refractivity contribution in [2.45, 2.75) is 59.0 Å². The van der Waals surface area contributed by atoms with Gasteiger partial charge in [0.15, 0.2) is 0 Å². The molecule has 0 atom stereocenters. The molecule has 0 saturated heterocycles. The Morgan fingerprint density at radius 3 is 2.14 bits per heavy atom. The molecule has 2 aromatic rings. The van der Waals surface area contributed by atoms with E-state index in [9.17, 15) is 13.2 Å². The molecular formula is C23H31NO4S. The quantitative estimate of drug-likeness (QED) is 0.555. The molecule has 6 heteroatoms. The van der Waals surface area contributed by atoms with Crippen molar-refractivity contribution in [2.24, 2.45) is 0 Å². The van der Waals surface area contributed by atoms with Gasteiger partial charge in [0.25, 0.3) is 0 Å². The smallest absolute Gasteiger partial charge is 0.307 e. The van der Waals surface area contributed by atoms with E-state index in [2.05, 4.69) is 19.1 Å². The van der Waals surface area contributed by atoms with Gasteiger partial charge in [0.2, 0.25) is 10.0 Å². The number of hydrogen-bond acceptors (Lipinski definition) is 3. The molecule has 0 bridgehead atoms. The van der Waals surface area contributed by atoms with Crippen LogP contribution in [0.25, 0.3) is 0 Å². The summed E-state index contributed by atoms with van der Waals surface area (Å²) in [6.45, 7) is 4.55. The van der Waals surface area contributed by atoms with Crippen molar-refractivity contribution >= 4 is 16.0 Å². The fourth-order valence-electron chi connectivity index (χ4n) is 3.25. The van der Waals surface area contributed by atoms with E-state index in [0.717, 1.165) is 30.4 Å². The number of benzene rings is 2. The largest absolute Gasteiger partial charge is 0.481 e. The molecule has 1 N–H and O–H groups in total. The van der Waals surface area contributed by atoms with Crippen molar-refractivity contribution in [3.05, 3.63) is 70.8 Å². The molecule has 0 amide bonds. The van der Waals surface area contributed by atoms with E-state index in [0.29, 0.717) is 18.5 Å². The van der Waals surface area contributed by atoms with Crippen molar-refractivity contribution in [1.82, 2.24) is 4.31 Å². The predicted molar refractivity (Wildman–Crippen MR) is 116 cm³/mol. The summed E-state index contributed by atoms with van der Waals surface area (Å²) < 4.78 is 27.2. The Kier molecular flexibility index (Phi) is 8.86. The first-order valence-electron chi connectivity index (χ1n) is 10.2. The first kappa shape index (κ1) is 23.1. The molecule has 2 aromatic carbocycles. The molecule has 0 aliphatic rings. The zero-order valence-corrected chi connectivity index (χ0v) is 18.1. The fourth-order valence-corrected chi connectivity index (χ4v) is 4.72. The number of rotatable bonds is 12. The van der Waals surface area contributed by atoms with E-state index in [1.54, 1.807) is 18.2 Å². The summed E-state index contributed by atoms with van der Waals surface area (Å²) in [5.74, 6) is -0.808. The molecule has 0 saturated carbocycles. The maximum absolute atomic E-state index is 12.8. The maximum Gasteiger partial charge on any atom is 0.307 e. The number of aliphatic carboxylic acids is 1. The van der Waals surface area contributed by atoms with Crippen molar-refractivity contribution in [2.75, 3.05) is 5.75 Å². The van der Waals surface area contributed by atoms with Crippen LogP contribution in [0, 0.1) is 0 Å². The third-order valence-electron chi connectivity index (χ3n) is 4.76. The zero-order chi connectivity index (χ0) is 21.3. The Bertz CT molecular complexity index is 891. The molecule has 0 aliphatic carbocycles. The Balaban J connectivity index is 2.21. The zero-order valence-electron chi connectivity index (χ0n) is 17.3. The van der Waals surface area contributed by atoms with Crippen LogP contribution in [0.5, 0.6) is 0 Å². The molecule has 5 nitrogen and oxygen atoms in total. The van der Waals surface area contributed by atoms with E-state index < -0.39 is 16.0 Å². The summed E-state index contributed by atoms with van der Waals surface area (Å²) in [5.41, 5.74) is 3.68. The van der Waals surface area contributed by atoms with Gasteiger partial charge in [-0.3, -0.25) is 4.79 Å². The number of carboxylic acids is 1. The molecule has 0 aliphatic heterocycles. The van der Waals surface area contributed by atoms with Gasteiger partial charge in [0.05, 0.1) is 12.2 Å². The van der Waals surface area contributed by atoms with Crippen molar-refractivity contribution in [3.8, 4) is 0 Å². The second kappa shape index (κ2) is 11.1. The van der Waals surface area contributed by atoms with Gasteiger partial charge in [0, 0.05) is 13.1 Å². The Hall–Kier alpha value is -2.18. The predicted octanol–water partition coefficient (Wildman–Crippen LogP) is 4.40. The van der Waals surface area contributed by atoms with Gasteiger partial charge in [-0.2, -0.15) is 4.31 Å². The number of unbranched alkanes of at least 4 members (excludes halogenated alkanes) is 1. The average Bonchev–Trinajstić information content (AvgIpc) is 2.66. The summed E-state index contributed by atoms with van der Waals surface area (Å²) in [7, 11) is -3.41. The first-order chi connectivity index (χ1) is 13.8. The second-order valence-corrected chi connectivity index (χ2v) is 9.48. The number of sulfonamides is 1. The third kappa shape index (κ3) is 7.63. The normalized spacial score (nSPS) is 11.7. The van der Waals surface area contributed by atoms with Crippen LogP contribution < -0.4 is 0 Å². The molecule has 0 unspecified atom stereocenters. The number of hydrogen-bond donors (Lipinski definition) is 1. The van der Waals surface area contributed by atoms with Crippen LogP contribution >= 0.6 is 0 Å². The molecular weight excluding hydrogens is 386 g/mol. The van der Waals surface area contributed by atoms with Crippen molar-refractivity contribution in [1.29, 1.82) is 0 Å². The van der Waals surface area contributed by atoms with Crippen LogP contribution in [0.3, 0.4) is 0 Å². The lowest BCUT2D eigenvalue weighted by molar-refractivity contribution is -0.136. The lowest BCUT2D eigenvalue weighted by atomic mass is 10.1. The highest BCUT2D eigenvalue weighted by Gasteiger charge is 2.22. The van der Waals surface area contributed by atoms with Gasteiger partial charge in [-0.15, -0.1) is 0 Å². The average molecular weight is 418 g/mol. The minimum Gasteiger partial charge on any atom is -0.481 e. The molecule has 0 aromatic heterocycles. The summed E-state index contributed by atoms with van der Waals surface area (Å²) in [6.07, 6.45) is 3.79. The molecule has 0 heterocycles. The number of carboxylic acid groups (broad SMARTS) is 1. The number of carbonyl (C=O) groups is 1.